The molecule has 0 fully saturated rings. The van der Waals surface area contributed by atoms with E-state index in [9.17, 15) is 0 Å². The molecule has 3 rings (SSSR count). The van der Waals surface area contributed by atoms with Crippen LogP contribution < -0.4 is 0 Å². The molecule has 1 heteroatoms. The van der Waals surface area contributed by atoms with E-state index in [1.165, 1.54) is 22.3 Å². The van der Waals surface area contributed by atoms with E-state index in [0.717, 1.165) is 5.56 Å². The number of pyridine rings is 1. The molecule has 1 aromatic heterocycles. The Morgan fingerprint density at radius 2 is 1.45 bits per heavy atom. The second-order valence-corrected chi connectivity index (χ2v) is 6.62. The largest absolute Gasteiger partial charge is 0.264 e. The van der Waals surface area contributed by atoms with Crippen LogP contribution in [0.4, 0.5) is 0 Å². The first-order valence-corrected chi connectivity index (χ1v) is 7.66. The minimum atomic E-state index is 0.110. The molecule has 0 N–H and O–H groups in total. The summed E-state index contributed by atoms with van der Waals surface area (Å²) >= 11 is 0. The molecule has 0 saturated carbocycles. The third-order valence-electron chi connectivity index (χ3n) is 3.91. The van der Waals surface area contributed by atoms with Crippen LogP contribution in [0.2, 0.25) is 0 Å². The van der Waals surface area contributed by atoms with Gasteiger partial charge in [0.25, 0.3) is 0 Å². The highest BCUT2D eigenvalue weighted by Crippen LogP contribution is 2.35. The molecular weight excluding hydrogens is 266 g/mol. The van der Waals surface area contributed by atoms with Gasteiger partial charge in [0, 0.05) is 18.0 Å². The first kappa shape index (κ1) is 14.5. The first-order chi connectivity index (χ1) is 10.6. The monoisotopic (exact) mass is 287 g/mol. The van der Waals surface area contributed by atoms with Crippen molar-refractivity contribution < 1.29 is 0 Å². The molecule has 0 amide bonds. The lowest BCUT2D eigenvalue weighted by Crippen LogP contribution is -2.12. The van der Waals surface area contributed by atoms with Gasteiger partial charge in [-0.1, -0.05) is 69.3 Å². The van der Waals surface area contributed by atoms with Crippen molar-refractivity contribution in [2.45, 2.75) is 26.2 Å². The molecular formula is C21H21N. The molecule has 0 aliphatic carbocycles. The fourth-order valence-electron chi connectivity index (χ4n) is 2.77. The van der Waals surface area contributed by atoms with Crippen molar-refractivity contribution in [2.24, 2.45) is 0 Å². The van der Waals surface area contributed by atoms with Crippen LogP contribution in [0, 0.1) is 0 Å². The maximum atomic E-state index is 4.23. The van der Waals surface area contributed by atoms with Crippen LogP contribution in [-0.2, 0) is 5.41 Å². The number of hydrogen-bond donors (Lipinski definition) is 0. The van der Waals surface area contributed by atoms with Crippen LogP contribution in [0.5, 0.6) is 0 Å². The molecule has 0 unspecified atom stereocenters. The van der Waals surface area contributed by atoms with E-state index in [2.05, 4.69) is 80.4 Å². The van der Waals surface area contributed by atoms with Crippen molar-refractivity contribution in [1.82, 2.24) is 4.98 Å². The third-order valence-corrected chi connectivity index (χ3v) is 3.91. The second kappa shape index (κ2) is 5.76. The van der Waals surface area contributed by atoms with Crippen LogP contribution in [-0.4, -0.2) is 4.98 Å². The Morgan fingerprint density at radius 1 is 0.727 bits per heavy atom. The average molecular weight is 287 g/mol. The Morgan fingerprint density at radius 3 is 2.09 bits per heavy atom. The zero-order valence-corrected chi connectivity index (χ0v) is 13.4. The molecule has 110 valence electrons. The zero-order chi connectivity index (χ0) is 15.6. The second-order valence-electron chi connectivity index (χ2n) is 6.62. The maximum absolute atomic E-state index is 4.23. The van der Waals surface area contributed by atoms with Gasteiger partial charge in [-0.25, -0.2) is 0 Å². The summed E-state index contributed by atoms with van der Waals surface area (Å²) < 4.78 is 0. The SMILES string of the molecule is CC(C)(C)c1ccc(-c2cccnc2)cc1-c1ccccc1. The Hall–Kier alpha value is -2.41. The van der Waals surface area contributed by atoms with E-state index >= 15 is 0 Å². The average Bonchev–Trinajstić information content (AvgIpc) is 2.55. The van der Waals surface area contributed by atoms with E-state index in [4.69, 9.17) is 0 Å². The predicted octanol–water partition coefficient (Wildman–Crippen LogP) is 5.71. The van der Waals surface area contributed by atoms with Crippen LogP contribution >= 0.6 is 0 Å². The summed E-state index contributed by atoms with van der Waals surface area (Å²) in [5.74, 6) is 0. The molecule has 0 saturated heterocycles. The van der Waals surface area contributed by atoms with E-state index < -0.39 is 0 Å². The van der Waals surface area contributed by atoms with Crippen molar-refractivity contribution in [3.05, 3.63) is 78.6 Å². The summed E-state index contributed by atoms with van der Waals surface area (Å²) in [6.07, 6.45) is 3.73. The minimum Gasteiger partial charge on any atom is -0.264 e. The highest BCUT2D eigenvalue weighted by atomic mass is 14.6. The van der Waals surface area contributed by atoms with Gasteiger partial charge >= 0.3 is 0 Å². The molecule has 22 heavy (non-hydrogen) atoms. The molecule has 0 spiro atoms. The van der Waals surface area contributed by atoms with Gasteiger partial charge in [0.1, 0.15) is 0 Å². The molecule has 0 aliphatic heterocycles. The maximum Gasteiger partial charge on any atom is 0.0346 e. The lowest BCUT2D eigenvalue weighted by atomic mass is 9.80. The zero-order valence-electron chi connectivity index (χ0n) is 13.4. The van der Waals surface area contributed by atoms with E-state index in [1.807, 2.05) is 18.5 Å². The molecule has 1 heterocycles. The van der Waals surface area contributed by atoms with Crippen LogP contribution in [0.15, 0.2) is 73.1 Å². The van der Waals surface area contributed by atoms with Crippen molar-refractivity contribution >= 4 is 0 Å². The summed E-state index contributed by atoms with van der Waals surface area (Å²) in [7, 11) is 0. The third kappa shape index (κ3) is 2.94. The van der Waals surface area contributed by atoms with Crippen molar-refractivity contribution in [3.63, 3.8) is 0 Å². The van der Waals surface area contributed by atoms with Gasteiger partial charge in [0.05, 0.1) is 0 Å². The lowest BCUT2D eigenvalue weighted by Gasteiger charge is -2.24. The quantitative estimate of drug-likeness (QED) is 0.588. The summed E-state index contributed by atoms with van der Waals surface area (Å²) in [4.78, 5) is 4.23. The van der Waals surface area contributed by atoms with Gasteiger partial charge in [0.2, 0.25) is 0 Å². The molecule has 0 radical (unpaired) electrons. The fourth-order valence-corrected chi connectivity index (χ4v) is 2.77. The Bertz CT molecular complexity index is 753. The highest BCUT2D eigenvalue weighted by molar-refractivity contribution is 5.76. The first-order valence-electron chi connectivity index (χ1n) is 7.66. The van der Waals surface area contributed by atoms with E-state index in [0.29, 0.717) is 0 Å². The summed E-state index contributed by atoms with van der Waals surface area (Å²) in [6, 6.07) is 21.4. The van der Waals surface area contributed by atoms with Gasteiger partial charge in [0.15, 0.2) is 0 Å². The lowest BCUT2D eigenvalue weighted by molar-refractivity contribution is 0.592. The number of nitrogens with zero attached hydrogens (tertiary/aromatic N) is 1. The van der Waals surface area contributed by atoms with Crippen molar-refractivity contribution in [3.8, 4) is 22.3 Å². The number of benzene rings is 2. The van der Waals surface area contributed by atoms with Crippen LogP contribution in [0.1, 0.15) is 26.3 Å². The Labute approximate surface area is 132 Å². The summed E-state index contributed by atoms with van der Waals surface area (Å²) in [5, 5.41) is 0. The summed E-state index contributed by atoms with van der Waals surface area (Å²) in [5.41, 5.74) is 6.40. The van der Waals surface area contributed by atoms with Crippen molar-refractivity contribution in [2.75, 3.05) is 0 Å². The molecule has 3 aromatic rings. The fraction of sp³-hybridized carbons (Fsp3) is 0.190. The van der Waals surface area contributed by atoms with Gasteiger partial charge in [-0.15, -0.1) is 0 Å². The van der Waals surface area contributed by atoms with E-state index in [1.54, 1.807) is 0 Å². The van der Waals surface area contributed by atoms with Gasteiger partial charge < -0.3 is 0 Å². The van der Waals surface area contributed by atoms with Gasteiger partial charge in [-0.2, -0.15) is 0 Å². The molecule has 0 atom stereocenters. The summed E-state index contributed by atoms with van der Waals surface area (Å²) in [6.45, 7) is 6.79. The highest BCUT2D eigenvalue weighted by Gasteiger charge is 2.19. The van der Waals surface area contributed by atoms with Crippen LogP contribution in [0.25, 0.3) is 22.3 Å². The molecule has 0 bridgehead atoms. The number of hydrogen-bond acceptors (Lipinski definition) is 1. The normalized spacial score (nSPS) is 11.4. The molecule has 2 aromatic carbocycles. The number of rotatable bonds is 2. The standard InChI is InChI=1S/C21H21N/c1-21(2,3)20-12-11-17(18-10-7-13-22-15-18)14-19(20)16-8-5-4-6-9-16/h4-15H,1-3H3. The number of aromatic nitrogens is 1. The van der Waals surface area contributed by atoms with Crippen molar-refractivity contribution in [1.29, 1.82) is 0 Å². The smallest absolute Gasteiger partial charge is 0.0346 e. The Balaban J connectivity index is 2.20. The van der Waals surface area contributed by atoms with Gasteiger partial charge in [-0.3, -0.25) is 4.98 Å². The topological polar surface area (TPSA) is 12.9 Å². The minimum absolute atomic E-state index is 0.110. The van der Waals surface area contributed by atoms with Gasteiger partial charge in [-0.05, 0) is 39.8 Å². The predicted molar refractivity (Wildman–Crippen MR) is 93.8 cm³/mol. The molecule has 1 nitrogen and oxygen atoms in total. The van der Waals surface area contributed by atoms with Crippen LogP contribution in [0.3, 0.4) is 0 Å². The molecule has 0 aliphatic rings. The Kier molecular flexibility index (Phi) is 3.81. The van der Waals surface area contributed by atoms with E-state index in [-0.39, 0.29) is 5.41 Å².